The van der Waals surface area contributed by atoms with Crippen molar-refractivity contribution >= 4 is 38.6 Å². The molecule has 2 atom stereocenters. The van der Waals surface area contributed by atoms with Gasteiger partial charge in [-0.2, -0.15) is 0 Å². The molecule has 0 saturated heterocycles. The summed E-state index contributed by atoms with van der Waals surface area (Å²) in [5, 5.41) is 5.06. The standard InChI is InChI=1S/C65H47N/c1-2-45-17-9-11-25-57(45)52-20-15-19-50(43-52)46-35-39-55(40-36-46)66(56-41-37-47(38-42-56)51-34-33-49-32-31-48-18-10-12-26-58(48)60(49)44-51)63-30-16-29-62-64(63)59-27-13-14-28-61(59)65(62,53-21-5-3-6-22-53)54-23-7-4-8-24-54/h2-45,57H,1H2. The van der Waals surface area contributed by atoms with Crippen LogP contribution in [-0.4, -0.2) is 0 Å². The van der Waals surface area contributed by atoms with E-state index in [1.54, 1.807) is 0 Å². The first kappa shape index (κ1) is 39.3. The van der Waals surface area contributed by atoms with E-state index in [1.807, 2.05) is 0 Å². The lowest BCUT2D eigenvalue weighted by Crippen LogP contribution is -2.28. The lowest BCUT2D eigenvalue weighted by Gasteiger charge is -2.34. The second kappa shape index (κ2) is 16.4. The third-order valence-corrected chi connectivity index (χ3v) is 14.1. The quantitative estimate of drug-likeness (QED) is 0.103. The number of fused-ring (bicyclic) bond motifs is 6. The zero-order valence-electron chi connectivity index (χ0n) is 36.6. The first-order chi connectivity index (χ1) is 32.7. The van der Waals surface area contributed by atoms with Gasteiger partial charge in [0.15, 0.2) is 0 Å². The van der Waals surface area contributed by atoms with E-state index in [0.29, 0.717) is 0 Å². The number of nitrogens with zero attached hydrogens (tertiary/aromatic N) is 1. The van der Waals surface area contributed by atoms with Crippen LogP contribution in [0.4, 0.5) is 17.1 Å². The third kappa shape index (κ3) is 6.46. The van der Waals surface area contributed by atoms with Crippen LogP contribution in [0.25, 0.3) is 54.9 Å². The number of hydrogen-bond donors (Lipinski definition) is 0. The van der Waals surface area contributed by atoms with Crippen LogP contribution in [-0.2, 0) is 5.41 Å². The minimum atomic E-state index is -0.511. The van der Waals surface area contributed by atoms with Gasteiger partial charge in [0, 0.05) is 28.8 Å². The molecule has 0 aliphatic heterocycles. The molecule has 0 amide bonds. The second-order valence-electron chi connectivity index (χ2n) is 17.6. The average Bonchev–Trinajstić information content (AvgIpc) is 3.71. The summed E-state index contributed by atoms with van der Waals surface area (Å²) in [5.74, 6) is 0.537. The number of benzene rings is 10. The summed E-state index contributed by atoms with van der Waals surface area (Å²) in [7, 11) is 0. The van der Waals surface area contributed by atoms with Crippen molar-refractivity contribution in [1.29, 1.82) is 0 Å². The first-order valence-electron chi connectivity index (χ1n) is 23.0. The topological polar surface area (TPSA) is 3.24 Å². The largest absolute Gasteiger partial charge is 0.310 e. The summed E-state index contributed by atoms with van der Waals surface area (Å²) < 4.78 is 0. The Morgan fingerprint density at radius 1 is 0.424 bits per heavy atom. The molecule has 1 nitrogen and oxygen atoms in total. The number of rotatable bonds is 9. The Bertz CT molecular complexity index is 3450. The van der Waals surface area contributed by atoms with Gasteiger partial charge in [0.1, 0.15) is 0 Å². The van der Waals surface area contributed by atoms with Gasteiger partial charge in [-0.05, 0) is 114 Å². The molecule has 1 heteroatoms. The Labute approximate surface area is 387 Å². The zero-order valence-corrected chi connectivity index (χ0v) is 36.6. The normalized spacial score (nSPS) is 15.6. The fraction of sp³-hybridized carbons (Fsp3) is 0.0462. The Morgan fingerprint density at radius 2 is 0.985 bits per heavy atom. The van der Waals surface area contributed by atoms with Crippen molar-refractivity contribution in [2.45, 2.75) is 11.3 Å². The van der Waals surface area contributed by atoms with Crippen molar-refractivity contribution in [2.75, 3.05) is 4.90 Å². The average molecular weight is 842 g/mol. The molecule has 2 unspecified atom stereocenters. The van der Waals surface area contributed by atoms with Crippen LogP contribution in [0, 0.1) is 5.92 Å². The molecule has 2 aliphatic carbocycles. The minimum absolute atomic E-state index is 0.265. The lowest BCUT2D eigenvalue weighted by molar-refractivity contribution is 0.701. The first-order valence-corrected chi connectivity index (χ1v) is 23.0. The summed E-state index contributed by atoms with van der Waals surface area (Å²) in [4.78, 5) is 2.47. The Balaban J connectivity index is 1.02. The van der Waals surface area contributed by atoms with Gasteiger partial charge < -0.3 is 4.90 Å². The van der Waals surface area contributed by atoms with E-state index in [4.69, 9.17) is 0 Å². The van der Waals surface area contributed by atoms with Crippen molar-refractivity contribution < 1.29 is 0 Å². The highest BCUT2D eigenvalue weighted by Gasteiger charge is 2.47. The van der Waals surface area contributed by atoms with E-state index in [-0.39, 0.29) is 11.8 Å². The van der Waals surface area contributed by atoms with Crippen molar-refractivity contribution in [3.8, 4) is 33.4 Å². The number of hydrogen-bond acceptors (Lipinski definition) is 1. The fourth-order valence-corrected chi connectivity index (χ4v) is 11.0. The predicted molar refractivity (Wildman–Crippen MR) is 279 cm³/mol. The molecule has 12 rings (SSSR count). The molecule has 0 bridgehead atoms. The van der Waals surface area contributed by atoms with E-state index >= 15 is 0 Å². The lowest BCUT2D eigenvalue weighted by atomic mass is 9.68. The molecular formula is C65H47N. The maximum Gasteiger partial charge on any atom is 0.0714 e. The summed E-state index contributed by atoms with van der Waals surface area (Å²) in [6.45, 7) is 4.14. The van der Waals surface area contributed by atoms with Crippen LogP contribution in [0.1, 0.15) is 33.7 Å². The van der Waals surface area contributed by atoms with Crippen molar-refractivity contribution in [3.63, 3.8) is 0 Å². The monoisotopic (exact) mass is 841 g/mol. The van der Waals surface area contributed by atoms with Crippen LogP contribution in [0.3, 0.4) is 0 Å². The summed E-state index contributed by atoms with van der Waals surface area (Å²) in [6.07, 6.45) is 10.9. The van der Waals surface area contributed by atoms with Gasteiger partial charge >= 0.3 is 0 Å². The molecule has 0 aromatic heterocycles. The van der Waals surface area contributed by atoms with E-state index in [1.165, 1.54) is 82.7 Å². The molecule has 0 N–H and O–H groups in total. The maximum absolute atomic E-state index is 4.14. The van der Waals surface area contributed by atoms with Gasteiger partial charge in [0.25, 0.3) is 0 Å². The molecule has 10 aromatic rings. The highest BCUT2D eigenvalue weighted by atomic mass is 15.1. The number of allylic oxidation sites excluding steroid dienone is 5. The SMILES string of the molecule is C=CC1C=CC=CC1c1cccc(-c2ccc(N(c3ccc(-c4ccc5ccc6ccccc6c5c4)cc3)c3cccc4c3-c3ccccc3C4(c3ccccc3)c3ccccc3)cc2)c1. The second-order valence-corrected chi connectivity index (χ2v) is 17.6. The van der Waals surface area contributed by atoms with Crippen LogP contribution in [0.15, 0.2) is 267 Å². The highest BCUT2D eigenvalue weighted by molar-refractivity contribution is 6.08. The minimum Gasteiger partial charge on any atom is -0.310 e. The molecule has 0 heterocycles. The Hall–Kier alpha value is -8.26. The van der Waals surface area contributed by atoms with Crippen LogP contribution in [0.2, 0.25) is 0 Å². The molecule has 0 fully saturated rings. The van der Waals surface area contributed by atoms with Gasteiger partial charge in [-0.1, -0.05) is 225 Å². The van der Waals surface area contributed by atoms with Gasteiger partial charge in [0.05, 0.1) is 11.1 Å². The van der Waals surface area contributed by atoms with Crippen molar-refractivity contribution in [1.82, 2.24) is 0 Å². The third-order valence-electron chi connectivity index (χ3n) is 14.1. The maximum atomic E-state index is 4.14. The van der Waals surface area contributed by atoms with Crippen LogP contribution in [0.5, 0.6) is 0 Å². The zero-order chi connectivity index (χ0) is 44.0. The number of anilines is 3. The van der Waals surface area contributed by atoms with Gasteiger partial charge in [-0.25, -0.2) is 0 Å². The molecule has 0 radical (unpaired) electrons. The molecular weight excluding hydrogens is 795 g/mol. The molecule has 0 spiro atoms. The van der Waals surface area contributed by atoms with Crippen LogP contribution < -0.4 is 4.90 Å². The molecule has 0 saturated carbocycles. The van der Waals surface area contributed by atoms with Gasteiger partial charge in [-0.3, -0.25) is 0 Å². The van der Waals surface area contributed by atoms with Crippen molar-refractivity contribution in [2.24, 2.45) is 5.92 Å². The molecule has 66 heavy (non-hydrogen) atoms. The fourth-order valence-electron chi connectivity index (χ4n) is 11.0. The van der Waals surface area contributed by atoms with E-state index in [9.17, 15) is 0 Å². The summed E-state index contributed by atoms with van der Waals surface area (Å²) >= 11 is 0. The van der Waals surface area contributed by atoms with E-state index < -0.39 is 5.41 Å². The van der Waals surface area contributed by atoms with Crippen molar-refractivity contribution in [3.05, 3.63) is 295 Å². The van der Waals surface area contributed by atoms with Gasteiger partial charge in [-0.15, -0.1) is 6.58 Å². The summed E-state index contributed by atoms with van der Waals surface area (Å²) in [6, 6.07) is 85.4. The summed E-state index contributed by atoms with van der Waals surface area (Å²) in [5.41, 5.74) is 16.4. The smallest absolute Gasteiger partial charge is 0.0714 e. The Morgan fingerprint density at radius 3 is 1.70 bits per heavy atom. The highest BCUT2D eigenvalue weighted by Crippen LogP contribution is 2.59. The molecule has 2 aliphatic rings. The van der Waals surface area contributed by atoms with Crippen LogP contribution >= 0.6 is 0 Å². The van der Waals surface area contributed by atoms with Gasteiger partial charge in [0.2, 0.25) is 0 Å². The molecule has 312 valence electrons. The van der Waals surface area contributed by atoms with E-state index in [0.717, 1.165) is 17.1 Å². The van der Waals surface area contributed by atoms with E-state index in [2.05, 4.69) is 272 Å². The Kier molecular flexibility index (Phi) is 9.76. The molecule has 10 aromatic carbocycles. The predicted octanol–water partition coefficient (Wildman–Crippen LogP) is 17.2.